The minimum Gasteiger partial charge on any atom is -0.375 e. The average Bonchev–Trinajstić information content (AvgIpc) is 2.86. The third-order valence-corrected chi connectivity index (χ3v) is 3.83. The summed E-state index contributed by atoms with van der Waals surface area (Å²) in [4.78, 5) is 6.76. The van der Waals surface area contributed by atoms with E-state index in [1.54, 1.807) is 0 Å². The zero-order chi connectivity index (χ0) is 13.5. The zero-order valence-electron chi connectivity index (χ0n) is 11.4. The van der Waals surface area contributed by atoms with Crippen molar-refractivity contribution >= 4 is 22.2 Å². The van der Waals surface area contributed by atoms with Crippen LogP contribution in [0.3, 0.4) is 0 Å². The largest absolute Gasteiger partial charge is 0.375 e. The molecule has 19 heavy (non-hydrogen) atoms. The maximum atomic E-state index is 5.67. The summed E-state index contributed by atoms with van der Waals surface area (Å²) in [5, 5.41) is 2.72. The summed E-state index contributed by atoms with van der Waals surface area (Å²) in [6, 6.07) is 10.6. The van der Waals surface area contributed by atoms with Crippen molar-refractivity contribution in [1.29, 1.82) is 0 Å². The number of para-hydroxylation sites is 1. The van der Waals surface area contributed by atoms with E-state index in [1.165, 1.54) is 29.9 Å². The lowest BCUT2D eigenvalue weighted by atomic mass is 10.2. The molecule has 1 heterocycles. The normalized spacial score (nSPS) is 10.6. The molecule has 0 fully saturated rings. The summed E-state index contributed by atoms with van der Waals surface area (Å²) in [7, 11) is 0. The van der Waals surface area contributed by atoms with Crippen LogP contribution in [0.25, 0.3) is 0 Å². The predicted octanol–water partition coefficient (Wildman–Crippen LogP) is 3.57. The number of nitrogens with two attached hydrogens (primary N) is 1. The molecule has 3 nitrogen and oxygen atoms in total. The Morgan fingerprint density at radius 2 is 2.00 bits per heavy atom. The van der Waals surface area contributed by atoms with Crippen molar-refractivity contribution in [1.82, 2.24) is 4.98 Å². The molecule has 0 atom stereocenters. The third kappa shape index (κ3) is 4.24. The molecule has 0 unspecified atom stereocenters. The lowest BCUT2D eigenvalue weighted by molar-refractivity contribution is 0.708. The van der Waals surface area contributed by atoms with Gasteiger partial charge in [0.2, 0.25) is 0 Å². The molecular formula is C15H21N3S. The molecule has 0 aliphatic rings. The van der Waals surface area contributed by atoms with Gasteiger partial charge < -0.3 is 10.6 Å². The molecule has 2 rings (SSSR count). The minimum absolute atomic E-state index is 0.662. The second-order valence-corrected chi connectivity index (χ2v) is 5.49. The lowest BCUT2D eigenvalue weighted by Crippen LogP contribution is -2.26. The first-order valence-electron chi connectivity index (χ1n) is 6.79. The highest BCUT2D eigenvalue weighted by molar-refractivity contribution is 7.13. The van der Waals surface area contributed by atoms with Gasteiger partial charge in [-0.15, -0.1) is 11.3 Å². The van der Waals surface area contributed by atoms with E-state index in [1.807, 2.05) is 0 Å². The number of nitrogens with zero attached hydrogens (tertiary/aromatic N) is 2. The fourth-order valence-electron chi connectivity index (χ4n) is 2.04. The Bertz CT molecular complexity index is 481. The second-order valence-electron chi connectivity index (χ2n) is 4.60. The zero-order valence-corrected chi connectivity index (χ0v) is 12.2. The number of nitrogen functional groups attached to an aromatic ring is 1. The minimum atomic E-state index is 0.662. The number of benzene rings is 1. The second kappa shape index (κ2) is 7.14. The molecule has 2 aromatic rings. The summed E-state index contributed by atoms with van der Waals surface area (Å²) in [6.07, 6.45) is 3.38. The van der Waals surface area contributed by atoms with Crippen LogP contribution in [0, 0.1) is 0 Å². The maximum Gasteiger partial charge on any atom is 0.180 e. The molecule has 0 saturated carbocycles. The molecule has 0 saturated heterocycles. The molecule has 102 valence electrons. The lowest BCUT2D eigenvalue weighted by Gasteiger charge is -2.24. The molecule has 0 radical (unpaired) electrons. The molecule has 4 heteroatoms. The van der Waals surface area contributed by atoms with Gasteiger partial charge in [-0.05, 0) is 18.6 Å². The first kappa shape index (κ1) is 13.9. The Hall–Kier alpha value is -1.55. The van der Waals surface area contributed by atoms with Gasteiger partial charge in [-0.3, -0.25) is 0 Å². The van der Waals surface area contributed by atoms with Crippen LogP contribution in [0.15, 0.2) is 35.7 Å². The highest BCUT2D eigenvalue weighted by Gasteiger charge is 2.07. The topological polar surface area (TPSA) is 42.1 Å². The Morgan fingerprint density at radius 3 is 2.63 bits per heavy atom. The number of unbranched alkanes of at least 4 members (excludes halogenated alkanes) is 1. The van der Waals surface area contributed by atoms with E-state index < -0.39 is 0 Å². The van der Waals surface area contributed by atoms with E-state index in [0.29, 0.717) is 5.13 Å². The fraction of sp³-hybridized carbons (Fsp3) is 0.400. The summed E-state index contributed by atoms with van der Waals surface area (Å²) in [5.41, 5.74) is 8.06. The Kier molecular flexibility index (Phi) is 5.21. The number of thiazole rings is 1. The van der Waals surface area contributed by atoms with Crippen molar-refractivity contribution in [3.63, 3.8) is 0 Å². The highest BCUT2D eigenvalue weighted by atomic mass is 32.1. The standard InChI is InChI=1S/C15H21N3S/c1-2-3-10-18(14-7-5-4-6-8-14)11-9-13-12-19-15(16)17-13/h4-8,12H,2-3,9-11H2,1H3,(H2,16,17). The van der Waals surface area contributed by atoms with E-state index in [4.69, 9.17) is 5.73 Å². The van der Waals surface area contributed by atoms with Crippen molar-refractivity contribution in [3.8, 4) is 0 Å². The van der Waals surface area contributed by atoms with Crippen LogP contribution in [0.5, 0.6) is 0 Å². The SMILES string of the molecule is CCCCN(CCc1csc(N)n1)c1ccccc1. The van der Waals surface area contributed by atoms with Crippen molar-refractivity contribution in [2.75, 3.05) is 23.7 Å². The van der Waals surface area contributed by atoms with Crippen molar-refractivity contribution < 1.29 is 0 Å². The highest BCUT2D eigenvalue weighted by Crippen LogP contribution is 2.16. The van der Waals surface area contributed by atoms with Crippen LogP contribution in [-0.4, -0.2) is 18.1 Å². The fourth-order valence-corrected chi connectivity index (χ4v) is 2.64. The van der Waals surface area contributed by atoms with Crippen molar-refractivity contribution in [2.45, 2.75) is 26.2 Å². The number of aromatic nitrogens is 1. The van der Waals surface area contributed by atoms with Crippen molar-refractivity contribution in [3.05, 3.63) is 41.4 Å². The summed E-state index contributed by atoms with van der Waals surface area (Å²) < 4.78 is 0. The number of rotatable bonds is 7. The molecule has 0 spiro atoms. The van der Waals surface area contributed by atoms with E-state index in [0.717, 1.165) is 25.2 Å². The molecule has 1 aromatic heterocycles. The molecule has 0 aliphatic carbocycles. The average molecular weight is 275 g/mol. The van der Waals surface area contributed by atoms with Crippen LogP contribution in [0.4, 0.5) is 10.8 Å². The maximum absolute atomic E-state index is 5.67. The van der Waals surface area contributed by atoms with Gasteiger partial charge in [0.25, 0.3) is 0 Å². The van der Waals surface area contributed by atoms with Gasteiger partial charge >= 0.3 is 0 Å². The van der Waals surface area contributed by atoms with Gasteiger partial charge in [-0.2, -0.15) is 0 Å². The van der Waals surface area contributed by atoms with Gasteiger partial charge in [-0.1, -0.05) is 31.5 Å². The summed E-state index contributed by atoms with van der Waals surface area (Å²) in [6.45, 7) is 4.32. The van der Waals surface area contributed by atoms with E-state index in [-0.39, 0.29) is 0 Å². The monoisotopic (exact) mass is 275 g/mol. The Labute approximate surface area is 119 Å². The smallest absolute Gasteiger partial charge is 0.180 e. The first-order chi connectivity index (χ1) is 9.29. The molecular weight excluding hydrogens is 254 g/mol. The molecule has 0 bridgehead atoms. The number of hydrogen-bond donors (Lipinski definition) is 1. The predicted molar refractivity (Wildman–Crippen MR) is 83.8 cm³/mol. The van der Waals surface area contributed by atoms with Crippen LogP contribution < -0.4 is 10.6 Å². The Balaban J connectivity index is 1.97. The van der Waals surface area contributed by atoms with Crippen LogP contribution in [-0.2, 0) is 6.42 Å². The van der Waals surface area contributed by atoms with Crippen LogP contribution >= 0.6 is 11.3 Å². The van der Waals surface area contributed by atoms with Gasteiger partial charge in [0.1, 0.15) is 0 Å². The third-order valence-electron chi connectivity index (χ3n) is 3.11. The molecule has 0 aliphatic heterocycles. The van der Waals surface area contributed by atoms with Gasteiger partial charge in [0, 0.05) is 30.6 Å². The molecule has 0 amide bonds. The Morgan fingerprint density at radius 1 is 1.21 bits per heavy atom. The van der Waals surface area contributed by atoms with E-state index in [9.17, 15) is 0 Å². The molecule has 2 N–H and O–H groups in total. The molecule has 1 aromatic carbocycles. The van der Waals surface area contributed by atoms with Crippen molar-refractivity contribution in [2.24, 2.45) is 0 Å². The quantitative estimate of drug-likeness (QED) is 0.840. The van der Waals surface area contributed by atoms with E-state index >= 15 is 0 Å². The van der Waals surface area contributed by atoms with Gasteiger partial charge in [0.05, 0.1) is 5.69 Å². The number of hydrogen-bond acceptors (Lipinski definition) is 4. The van der Waals surface area contributed by atoms with E-state index in [2.05, 4.69) is 52.5 Å². The summed E-state index contributed by atoms with van der Waals surface area (Å²) >= 11 is 1.52. The van der Waals surface area contributed by atoms with Gasteiger partial charge in [-0.25, -0.2) is 4.98 Å². The first-order valence-corrected chi connectivity index (χ1v) is 7.67. The number of anilines is 2. The van der Waals surface area contributed by atoms with Crippen LogP contribution in [0.2, 0.25) is 0 Å². The van der Waals surface area contributed by atoms with Crippen LogP contribution in [0.1, 0.15) is 25.5 Å². The van der Waals surface area contributed by atoms with Gasteiger partial charge in [0.15, 0.2) is 5.13 Å². The summed E-state index contributed by atoms with van der Waals surface area (Å²) in [5.74, 6) is 0.